The number of hydrogen-bond donors (Lipinski definition) is 0. The predicted octanol–water partition coefficient (Wildman–Crippen LogP) is 3.86. The highest BCUT2D eigenvalue weighted by Gasteiger charge is 2.30. The lowest BCUT2D eigenvalue weighted by molar-refractivity contribution is 0.0830. The van der Waals surface area contributed by atoms with E-state index < -0.39 is 12.5 Å². The fraction of sp³-hybridized carbons (Fsp3) is 0.571. The van der Waals surface area contributed by atoms with E-state index in [0.717, 1.165) is 12.0 Å². The lowest BCUT2D eigenvalue weighted by atomic mass is 9.88. The Bertz CT molecular complexity index is 531. The molecule has 1 aromatic rings. The SMILES string of the molecule is [2H]C([2H])([2H])c1c(C)c([O])c(C)c2c1OC(C)(C)CC2. The topological polar surface area (TPSA) is 29.1 Å². The van der Waals surface area contributed by atoms with Gasteiger partial charge < -0.3 is 4.74 Å². The van der Waals surface area contributed by atoms with Crippen molar-refractivity contribution in [1.82, 2.24) is 0 Å². The third-order valence-corrected chi connectivity index (χ3v) is 3.37. The van der Waals surface area contributed by atoms with Gasteiger partial charge in [0.15, 0.2) is 5.75 Å². The average Bonchev–Trinajstić information content (AvgIpc) is 2.23. The van der Waals surface area contributed by atoms with Gasteiger partial charge in [-0.05, 0) is 53.0 Å². The number of benzene rings is 1. The van der Waals surface area contributed by atoms with E-state index in [-0.39, 0.29) is 16.9 Å². The van der Waals surface area contributed by atoms with Crippen LogP contribution in [0.5, 0.6) is 11.5 Å². The van der Waals surface area contributed by atoms with Crippen molar-refractivity contribution in [3.8, 4) is 11.5 Å². The Morgan fingerprint density at radius 1 is 1.25 bits per heavy atom. The maximum atomic E-state index is 12.2. The van der Waals surface area contributed by atoms with Crippen LogP contribution in [0.3, 0.4) is 0 Å². The monoisotopic (exact) mass is 222 g/mol. The molecule has 1 heterocycles. The third kappa shape index (κ3) is 1.57. The molecule has 1 aliphatic rings. The standard InChI is InChI=1S/C14H19O2/c1-8-9(2)13-11(10(3)12(8)15)6-7-14(4,5)16-13/h6-7H2,1-5H3/i2D3. The van der Waals surface area contributed by atoms with E-state index in [4.69, 9.17) is 8.85 Å². The second kappa shape index (κ2) is 3.41. The summed E-state index contributed by atoms with van der Waals surface area (Å²) in [6, 6.07) is 0. The van der Waals surface area contributed by atoms with Gasteiger partial charge in [0, 0.05) is 20.8 Å². The molecule has 0 N–H and O–H groups in total. The van der Waals surface area contributed by atoms with Gasteiger partial charge in [0.05, 0.1) is 0 Å². The van der Waals surface area contributed by atoms with Crippen molar-refractivity contribution in [1.29, 1.82) is 0 Å². The molecule has 0 spiro atoms. The van der Waals surface area contributed by atoms with Crippen molar-refractivity contribution >= 4 is 0 Å². The van der Waals surface area contributed by atoms with Crippen LogP contribution in [0.1, 0.15) is 46.6 Å². The van der Waals surface area contributed by atoms with Gasteiger partial charge in [-0.3, -0.25) is 5.11 Å². The minimum absolute atomic E-state index is 0.0888. The highest BCUT2D eigenvalue weighted by Crippen LogP contribution is 2.43. The van der Waals surface area contributed by atoms with Gasteiger partial charge in [0.25, 0.3) is 0 Å². The Morgan fingerprint density at radius 2 is 1.94 bits per heavy atom. The number of hydrogen-bond acceptors (Lipinski definition) is 1. The highest BCUT2D eigenvalue weighted by molar-refractivity contribution is 5.58. The van der Waals surface area contributed by atoms with Gasteiger partial charge >= 0.3 is 0 Å². The minimum Gasteiger partial charge on any atom is -0.487 e. The van der Waals surface area contributed by atoms with Crippen molar-refractivity contribution in [2.24, 2.45) is 0 Å². The van der Waals surface area contributed by atoms with Crippen LogP contribution in [0.15, 0.2) is 0 Å². The van der Waals surface area contributed by atoms with E-state index in [1.54, 1.807) is 13.8 Å². The largest absolute Gasteiger partial charge is 0.487 e. The summed E-state index contributed by atoms with van der Waals surface area (Å²) in [5.41, 5.74) is 1.37. The molecule has 0 amide bonds. The molecule has 1 radical (unpaired) electrons. The maximum absolute atomic E-state index is 12.2. The Hall–Kier alpha value is -1.18. The lowest BCUT2D eigenvalue weighted by Crippen LogP contribution is -2.33. The molecule has 0 atom stereocenters. The zero-order valence-electron chi connectivity index (χ0n) is 13.2. The summed E-state index contributed by atoms with van der Waals surface area (Å²) in [6.45, 7) is 4.87. The van der Waals surface area contributed by atoms with Crippen LogP contribution in [0, 0.1) is 20.7 Å². The summed E-state index contributed by atoms with van der Waals surface area (Å²) in [4.78, 5) is 0. The van der Waals surface area contributed by atoms with Crippen LogP contribution in [0.2, 0.25) is 0 Å². The number of fused-ring (bicyclic) bond motifs is 1. The van der Waals surface area contributed by atoms with E-state index in [2.05, 4.69) is 0 Å². The van der Waals surface area contributed by atoms with Gasteiger partial charge in [0.1, 0.15) is 11.4 Å². The second-order valence-electron chi connectivity index (χ2n) is 5.12. The summed E-state index contributed by atoms with van der Waals surface area (Å²) in [5.74, 6) is 0.235. The first-order valence-electron chi connectivity index (χ1n) is 7.07. The van der Waals surface area contributed by atoms with Gasteiger partial charge in [0.2, 0.25) is 0 Å². The first-order valence-corrected chi connectivity index (χ1v) is 5.57. The van der Waals surface area contributed by atoms with E-state index in [1.807, 2.05) is 13.8 Å². The van der Waals surface area contributed by atoms with Crippen molar-refractivity contribution in [2.75, 3.05) is 0 Å². The summed E-state index contributed by atoms with van der Waals surface area (Å²) in [5, 5.41) is 12.2. The van der Waals surface area contributed by atoms with Gasteiger partial charge in [-0.25, -0.2) is 0 Å². The van der Waals surface area contributed by atoms with Crippen molar-refractivity contribution in [3.05, 3.63) is 22.3 Å². The van der Waals surface area contributed by atoms with Crippen LogP contribution in [0.25, 0.3) is 0 Å². The van der Waals surface area contributed by atoms with Gasteiger partial charge in [-0.2, -0.15) is 0 Å². The molecule has 0 saturated carbocycles. The van der Waals surface area contributed by atoms with E-state index in [9.17, 15) is 5.11 Å². The summed E-state index contributed by atoms with van der Waals surface area (Å²) >= 11 is 0. The molecule has 2 rings (SSSR count). The molecule has 1 aromatic carbocycles. The van der Waals surface area contributed by atoms with Crippen LogP contribution in [-0.4, -0.2) is 5.60 Å². The molecule has 2 nitrogen and oxygen atoms in total. The molecule has 1 aliphatic heterocycles. The molecule has 16 heavy (non-hydrogen) atoms. The molecule has 0 bridgehead atoms. The number of rotatable bonds is 0. The quantitative estimate of drug-likeness (QED) is 0.655. The molecule has 0 fully saturated rings. The highest BCUT2D eigenvalue weighted by atomic mass is 16.5. The van der Waals surface area contributed by atoms with Gasteiger partial charge in [-0.15, -0.1) is 0 Å². The van der Waals surface area contributed by atoms with E-state index in [1.165, 1.54) is 0 Å². The van der Waals surface area contributed by atoms with Crippen molar-refractivity contribution in [3.63, 3.8) is 0 Å². The molecule has 0 aliphatic carbocycles. The van der Waals surface area contributed by atoms with Crippen molar-refractivity contribution < 1.29 is 14.0 Å². The zero-order chi connectivity index (χ0) is 14.6. The van der Waals surface area contributed by atoms with E-state index in [0.29, 0.717) is 17.7 Å². The Morgan fingerprint density at radius 3 is 2.56 bits per heavy atom. The van der Waals surface area contributed by atoms with Gasteiger partial charge in [-0.1, -0.05) is 0 Å². The summed E-state index contributed by atoms with van der Waals surface area (Å²) in [7, 11) is 0. The van der Waals surface area contributed by atoms with Crippen LogP contribution < -0.4 is 4.74 Å². The first-order chi connectivity index (χ1) is 8.54. The first kappa shape index (κ1) is 7.99. The fourth-order valence-corrected chi connectivity index (χ4v) is 2.19. The summed E-state index contributed by atoms with van der Waals surface area (Å²) in [6.07, 6.45) is 1.47. The van der Waals surface area contributed by atoms with Crippen molar-refractivity contribution in [2.45, 2.75) is 53.0 Å². The Kier molecular flexibility index (Phi) is 1.70. The van der Waals surface area contributed by atoms with Crippen LogP contribution >= 0.6 is 0 Å². The zero-order valence-corrected chi connectivity index (χ0v) is 10.2. The molecular formula is C14H19O2. The molecule has 87 valence electrons. The maximum Gasteiger partial charge on any atom is 0.185 e. The predicted molar refractivity (Wildman–Crippen MR) is 63.8 cm³/mol. The average molecular weight is 222 g/mol. The lowest BCUT2D eigenvalue weighted by Gasteiger charge is -2.35. The second-order valence-corrected chi connectivity index (χ2v) is 5.12. The Labute approximate surface area is 101 Å². The molecule has 0 saturated heterocycles. The van der Waals surface area contributed by atoms with E-state index >= 15 is 0 Å². The Balaban J connectivity index is 2.77. The smallest absolute Gasteiger partial charge is 0.185 e. The number of ether oxygens (including phenoxy) is 1. The molecule has 0 aromatic heterocycles. The van der Waals surface area contributed by atoms with Crippen LogP contribution in [-0.2, 0) is 11.5 Å². The fourth-order valence-electron chi connectivity index (χ4n) is 2.19. The summed E-state index contributed by atoms with van der Waals surface area (Å²) < 4.78 is 28.9. The minimum atomic E-state index is -2.32. The normalized spacial score (nSPS) is 21.4. The van der Waals surface area contributed by atoms with Crippen LogP contribution in [0.4, 0.5) is 0 Å². The molecular weight excluding hydrogens is 200 g/mol. The molecule has 0 unspecified atom stereocenters. The molecule has 2 heteroatoms. The third-order valence-electron chi connectivity index (χ3n) is 3.37.